The molecule has 2 aromatic carbocycles. The fraction of sp³-hybridized carbons (Fsp3) is 0. The van der Waals surface area contributed by atoms with Crippen LogP contribution in [0, 0.1) is 3.57 Å². The lowest BCUT2D eigenvalue weighted by molar-refractivity contribution is 0.477. The standard InChI is InChI=1S/C15H10ClIN2O/c16-10-6-7-12(20)11(8-10)15-13(17)14(18-19-15)9-4-2-1-3-5-9/h1-8,20H,(H,18,19). The highest BCUT2D eigenvalue weighted by atomic mass is 127. The van der Waals surface area contributed by atoms with E-state index >= 15 is 0 Å². The molecule has 0 aliphatic heterocycles. The zero-order chi connectivity index (χ0) is 14.1. The number of hydrogen-bond donors (Lipinski definition) is 2. The average molecular weight is 397 g/mol. The van der Waals surface area contributed by atoms with Crippen molar-refractivity contribution in [3.8, 4) is 28.3 Å². The number of benzene rings is 2. The van der Waals surface area contributed by atoms with Crippen molar-refractivity contribution in [3.63, 3.8) is 0 Å². The molecule has 0 fully saturated rings. The summed E-state index contributed by atoms with van der Waals surface area (Å²) in [5.41, 5.74) is 3.31. The van der Waals surface area contributed by atoms with Crippen LogP contribution in [0.3, 0.4) is 0 Å². The van der Waals surface area contributed by atoms with Gasteiger partial charge in [-0.2, -0.15) is 5.10 Å². The van der Waals surface area contributed by atoms with Gasteiger partial charge in [-0.3, -0.25) is 5.10 Å². The van der Waals surface area contributed by atoms with Crippen LogP contribution in [0.2, 0.25) is 5.02 Å². The number of hydrogen-bond acceptors (Lipinski definition) is 2. The molecule has 0 radical (unpaired) electrons. The zero-order valence-corrected chi connectivity index (χ0v) is 13.2. The summed E-state index contributed by atoms with van der Waals surface area (Å²) in [6, 6.07) is 14.9. The summed E-state index contributed by atoms with van der Waals surface area (Å²) in [6.07, 6.45) is 0. The van der Waals surface area contributed by atoms with Gasteiger partial charge in [0.25, 0.3) is 0 Å². The van der Waals surface area contributed by atoms with Crippen LogP contribution in [0.4, 0.5) is 0 Å². The predicted molar refractivity (Wildman–Crippen MR) is 88.9 cm³/mol. The molecule has 3 aromatic rings. The Labute approximate surface area is 134 Å². The second kappa shape index (κ2) is 5.46. The fourth-order valence-corrected chi connectivity index (χ4v) is 3.02. The Morgan fingerprint density at radius 3 is 2.60 bits per heavy atom. The molecular formula is C15H10ClIN2O. The van der Waals surface area contributed by atoms with E-state index in [0.29, 0.717) is 10.6 Å². The van der Waals surface area contributed by atoms with E-state index in [1.165, 1.54) is 0 Å². The van der Waals surface area contributed by atoms with Crippen molar-refractivity contribution in [1.82, 2.24) is 10.2 Å². The van der Waals surface area contributed by atoms with E-state index in [0.717, 1.165) is 20.5 Å². The normalized spacial score (nSPS) is 10.7. The highest BCUT2D eigenvalue weighted by Crippen LogP contribution is 2.36. The van der Waals surface area contributed by atoms with Crippen LogP contribution in [0.15, 0.2) is 48.5 Å². The van der Waals surface area contributed by atoms with Crippen LogP contribution in [0.1, 0.15) is 0 Å². The van der Waals surface area contributed by atoms with Gasteiger partial charge in [-0.05, 0) is 40.8 Å². The Kier molecular flexibility index (Phi) is 3.67. The van der Waals surface area contributed by atoms with Crippen LogP contribution in [0.5, 0.6) is 5.75 Å². The van der Waals surface area contributed by atoms with Gasteiger partial charge in [-0.15, -0.1) is 0 Å². The molecule has 0 spiro atoms. The lowest BCUT2D eigenvalue weighted by Crippen LogP contribution is -1.83. The summed E-state index contributed by atoms with van der Waals surface area (Å²) in [5, 5.41) is 17.9. The van der Waals surface area contributed by atoms with Crippen molar-refractivity contribution in [2.24, 2.45) is 0 Å². The molecule has 0 aliphatic rings. The summed E-state index contributed by atoms with van der Waals surface area (Å²) in [6.45, 7) is 0. The van der Waals surface area contributed by atoms with Crippen molar-refractivity contribution in [1.29, 1.82) is 0 Å². The summed E-state index contributed by atoms with van der Waals surface area (Å²) in [7, 11) is 0. The quantitative estimate of drug-likeness (QED) is 0.617. The lowest BCUT2D eigenvalue weighted by atomic mass is 10.1. The number of aromatic hydroxyl groups is 1. The first-order valence-corrected chi connectivity index (χ1v) is 7.40. The highest BCUT2D eigenvalue weighted by Gasteiger charge is 2.16. The monoisotopic (exact) mass is 396 g/mol. The Morgan fingerprint density at radius 2 is 1.85 bits per heavy atom. The Bertz CT molecular complexity index is 756. The van der Waals surface area contributed by atoms with E-state index in [1.54, 1.807) is 18.2 Å². The van der Waals surface area contributed by atoms with Crippen molar-refractivity contribution >= 4 is 34.2 Å². The zero-order valence-electron chi connectivity index (χ0n) is 10.3. The van der Waals surface area contributed by atoms with E-state index in [9.17, 15) is 5.11 Å². The first-order chi connectivity index (χ1) is 9.66. The topological polar surface area (TPSA) is 48.9 Å². The van der Waals surface area contributed by atoms with Gasteiger partial charge in [-0.25, -0.2) is 0 Å². The second-order valence-corrected chi connectivity index (χ2v) is 5.80. The Morgan fingerprint density at radius 1 is 1.10 bits per heavy atom. The lowest BCUT2D eigenvalue weighted by Gasteiger charge is -2.03. The van der Waals surface area contributed by atoms with Crippen LogP contribution in [-0.4, -0.2) is 15.3 Å². The van der Waals surface area contributed by atoms with Gasteiger partial charge in [0.15, 0.2) is 0 Å². The highest BCUT2D eigenvalue weighted by molar-refractivity contribution is 14.1. The molecule has 0 aliphatic carbocycles. The summed E-state index contributed by atoms with van der Waals surface area (Å²) in [5.74, 6) is 0.176. The number of aromatic amines is 1. The molecule has 0 amide bonds. The molecule has 2 N–H and O–H groups in total. The van der Waals surface area contributed by atoms with Crippen LogP contribution >= 0.6 is 34.2 Å². The molecule has 0 saturated carbocycles. The molecule has 3 rings (SSSR count). The number of H-pyrrole nitrogens is 1. The van der Waals surface area contributed by atoms with Gasteiger partial charge >= 0.3 is 0 Å². The summed E-state index contributed by atoms with van der Waals surface area (Å²) >= 11 is 8.22. The molecule has 3 nitrogen and oxygen atoms in total. The SMILES string of the molecule is Oc1ccc(Cl)cc1-c1[nH]nc(-c2ccccc2)c1I. The van der Waals surface area contributed by atoms with Gasteiger partial charge in [0.05, 0.1) is 9.26 Å². The molecule has 100 valence electrons. The number of phenolic OH excluding ortho intramolecular Hbond substituents is 1. The average Bonchev–Trinajstić information content (AvgIpc) is 2.84. The maximum Gasteiger partial charge on any atom is 0.125 e. The number of aromatic nitrogens is 2. The second-order valence-electron chi connectivity index (χ2n) is 4.29. The van der Waals surface area contributed by atoms with Crippen LogP contribution < -0.4 is 0 Å². The van der Waals surface area contributed by atoms with E-state index in [1.807, 2.05) is 30.3 Å². The van der Waals surface area contributed by atoms with Gasteiger partial charge < -0.3 is 5.11 Å². The van der Waals surface area contributed by atoms with Gasteiger partial charge in [0, 0.05) is 16.1 Å². The Hall–Kier alpha value is -1.53. The maximum atomic E-state index is 9.98. The first-order valence-electron chi connectivity index (χ1n) is 5.95. The third-order valence-corrected chi connectivity index (χ3v) is 4.27. The minimum absolute atomic E-state index is 0.176. The van der Waals surface area contributed by atoms with E-state index in [2.05, 4.69) is 32.8 Å². The van der Waals surface area contributed by atoms with Gasteiger partial charge in [0.2, 0.25) is 0 Å². The van der Waals surface area contributed by atoms with Crippen molar-refractivity contribution in [2.75, 3.05) is 0 Å². The molecule has 0 saturated heterocycles. The van der Waals surface area contributed by atoms with E-state index in [4.69, 9.17) is 11.6 Å². The van der Waals surface area contributed by atoms with Gasteiger partial charge in [-0.1, -0.05) is 41.9 Å². The number of rotatable bonds is 2. The molecule has 0 bridgehead atoms. The molecule has 0 unspecified atom stereocenters. The molecule has 0 atom stereocenters. The van der Waals surface area contributed by atoms with Crippen molar-refractivity contribution in [2.45, 2.75) is 0 Å². The van der Waals surface area contributed by atoms with E-state index < -0.39 is 0 Å². The molecular weight excluding hydrogens is 387 g/mol. The number of nitrogens with zero attached hydrogens (tertiary/aromatic N) is 1. The van der Waals surface area contributed by atoms with Crippen LogP contribution in [-0.2, 0) is 0 Å². The number of halogens is 2. The van der Waals surface area contributed by atoms with Crippen LogP contribution in [0.25, 0.3) is 22.5 Å². The molecule has 20 heavy (non-hydrogen) atoms. The number of nitrogens with one attached hydrogen (secondary N) is 1. The van der Waals surface area contributed by atoms with Gasteiger partial charge in [0.1, 0.15) is 11.4 Å². The van der Waals surface area contributed by atoms with Crippen molar-refractivity contribution in [3.05, 3.63) is 57.1 Å². The largest absolute Gasteiger partial charge is 0.507 e. The first kappa shape index (κ1) is 13.5. The molecule has 1 heterocycles. The molecule has 5 heteroatoms. The maximum absolute atomic E-state index is 9.98. The minimum Gasteiger partial charge on any atom is -0.507 e. The fourth-order valence-electron chi connectivity index (χ4n) is 2.00. The summed E-state index contributed by atoms with van der Waals surface area (Å²) in [4.78, 5) is 0. The van der Waals surface area contributed by atoms with Crippen molar-refractivity contribution < 1.29 is 5.11 Å². The minimum atomic E-state index is 0.176. The summed E-state index contributed by atoms with van der Waals surface area (Å²) < 4.78 is 0.950. The smallest absolute Gasteiger partial charge is 0.125 e. The number of phenols is 1. The predicted octanol–water partition coefficient (Wildman–Crippen LogP) is 4.71. The third kappa shape index (κ3) is 2.41. The van der Waals surface area contributed by atoms with E-state index in [-0.39, 0.29) is 5.75 Å². The molecule has 1 aromatic heterocycles. The Balaban J connectivity index is 2.14. The third-order valence-electron chi connectivity index (χ3n) is 2.98.